The van der Waals surface area contributed by atoms with Gasteiger partial charge in [0.2, 0.25) is 10.1 Å². The summed E-state index contributed by atoms with van der Waals surface area (Å²) in [6.45, 7) is 3.89. The molecule has 1 atom stereocenters. The summed E-state index contributed by atoms with van der Waals surface area (Å²) in [5.74, 6) is 0.758. The number of anilines is 1. The van der Waals surface area contributed by atoms with Crippen molar-refractivity contribution < 1.29 is 4.79 Å². The number of amides is 1. The fraction of sp³-hybridized carbons (Fsp3) is 0.750. The molecule has 1 aliphatic heterocycles. The van der Waals surface area contributed by atoms with E-state index >= 15 is 0 Å². The fourth-order valence-corrected chi connectivity index (χ4v) is 3.10. The van der Waals surface area contributed by atoms with E-state index in [1.54, 1.807) is 0 Å². The van der Waals surface area contributed by atoms with Crippen molar-refractivity contribution in [3.05, 3.63) is 5.01 Å². The predicted octanol–water partition coefficient (Wildman–Crippen LogP) is 2.16. The van der Waals surface area contributed by atoms with Crippen LogP contribution in [0.2, 0.25) is 0 Å². The maximum atomic E-state index is 12.2. The molecule has 1 aliphatic rings. The van der Waals surface area contributed by atoms with Crippen LogP contribution in [0.3, 0.4) is 0 Å². The third-order valence-electron chi connectivity index (χ3n) is 3.46. The molecule has 1 saturated heterocycles. The van der Waals surface area contributed by atoms with Crippen molar-refractivity contribution in [2.75, 3.05) is 18.8 Å². The first-order valence-electron chi connectivity index (χ1n) is 6.59. The largest absolute Gasteiger partial charge is 0.374 e. The van der Waals surface area contributed by atoms with Crippen LogP contribution in [0.5, 0.6) is 0 Å². The van der Waals surface area contributed by atoms with Gasteiger partial charge in [0, 0.05) is 13.1 Å². The van der Waals surface area contributed by atoms with E-state index in [-0.39, 0.29) is 5.91 Å². The van der Waals surface area contributed by atoms with E-state index < -0.39 is 0 Å². The minimum atomic E-state index is -0.0126. The van der Waals surface area contributed by atoms with Crippen LogP contribution in [0.1, 0.15) is 48.8 Å². The Morgan fingerprint density at radius 2 is 2.28 bits per heavy atom. The number of hydrogen-bond acceptors (Lipinski definition) is 5. The Morgan fingerprint density at radius 3 is 2.94 bits per heavy atom. The van der Waals surface area contributed by atoms with Crippen LogP contribution >= 0.6 is 11.3 Å². The topological polar surface area (TPSA) is 72.1 Å². The molecule has 5 nitrogen and oxygen atoms in total. The van der Waals surface area contributed by atoms with Crippen LogP contribution in [0, 0.1) is 5.92 Å². The summed E-state index contributed by atoms with van der Waals surface area (Å²) in [4.78, 5) is 14.1. The van der Waals surface area contributed by atoms with Crippen molar-refractivity contribution >= 4 is 22.4 Å². The number of carbonyl (C=O) groups excluding carboxylic acids is 1. The lowest BCUT2D eigenvalue weighted by Gasteiger charge is -2.18. The highest BCUT2D eigenvalue weighted by atomic mass is 32.1. The van der Waals surface area contributed by atoms with E-state index in [4.69, 9.17) is 5.73 Å². The summed E-state index contributed by atoms with van der Waals surface area (Å²) >= 11 is 1.17. The average molecular weight is 268 g/mol. The Balaban J connectivity index is 1.95. The second kappa shape index (κ2) is 6.13. The lowest BCUT2D eigenvalue weighted by Crippen LogP contribution is -2.32. The van der Waals surface area contributed by atoms with Crippen LogP contribution in [-0.4, -0.2) is 34.1 Å². The Kier molecular flexibility index (Phi) is 4.52. The SMILES string of the molecule is CCCC1CCCN(C(=O)c2nnc(N)s2)CC1. The Bertz CT molecular complexity index is 407. The minimum absolute atomic E-state index is 0.0126. The molecule has 0 spiro atoms. The molecule has 1 aromatic heterocycles. The molecule has 0 saturated carbocycles. The van der Waals surface area contributed by atoms with Crippen molar-refractivity contribution in [3.63, 3.8) is 0 Å². The second-order valence-electron chi connectivity index (χ2n) is 4.82. The van der Waals surface area contributed by atoms with Gasteiger partial charge in [-0.15, -0.1) is 10.2 Å². The molecule has 0 radical (unpaired) electrons. The molecule has 2 N–H and O–H groups in total. The number of nitrogen functional groups attached to an aromatic ring is 1. The van der Waals surface area contributed by atoms with Gasteiger partial charge in [-0.05, 0) is 25.2 Å². The van der Waals surface area contributed by atoms with Crippen LogP contribution < -0.4 is 5.73 Å². The van der Waals surface area contributed by atoms with Gasteiger partial charge in [-0.25, -0.2) is 0 Å². The van der Waals surface area contributed by atoms with Gasteiger partial charge < -0.3 is 10.6 Å². The van der Waals surface area contributed by atoms with E-state index in [0.29, 0.717) is 10.1 Å². The minimum Gasteiger partial charge on any atom is -0.374 e. The molecule has 2 heterocycles. The molecule has 6 heteroatoms. The van der Waals surface area contributed by atoms with Crippen molar-refractivity contribution in [1.82, 2.24) is 15.1 Å². The smallest absolute Gasteiger partial charge is 0.284 e. The maximum absolute atomic E-state index is 12.2. The van der Waals surface area contributed by atoms with Gasteiger partial charge in [0.1, 0.15) is 0 Å². The zero-order chi connectivity index (χ0) is 13.0. The number of likely N-dealkylation sites (tertiary alicyclic amines) is 1. The zero-order valence-corrected chi connectivity index (χ0v) is 11.6. The molecule has 0 aliphatic carbocycles. The van der Waals surface area contributed by atoms with Crippen molar-refractivity contribution in [2.45, 2.75) is 39.0 Å². The Morgan fingerprint density at radius 1 is 1.44 bits per heavy atom. The average Bonchev–Trinajstić information content (AvgIpc) is 2.65. The number of nitrogens with two attached hydrogens (primary N) is 1. The van der Waals surface area contributed by atoms with Crippen LogP contribution in [-0.2, 0) is 0 Å². The molecule has 1 amide bonds. The van der Waals surface area contributed by atoms with Crippen molar-refractivity contribution in [1.29, 1.82) is 0 Å². The molecular weight excluding hydrogens is 248 g/mol. The number of nitrogens with zero attached hydrogens (tertiary/aromatic N) is 3. The lowest BCUT2D eigenvalue weighted by atomic mass is 9.96. The molecule has 0 aromatic carbocycles. The summed E-state index contributed by atoms with van der Waals surface area (Å²) in [7, 11) is 0. The Labute approximate surface area is 111 Å². The van der Waals surface area contributed by atoms with E-state index in [1.165, 1.54) is 30.6 Å². The first-order valence-corrected chi connectivity index (χ1v) is 7.40. The molecular formula is C12H20N4OS. The summed E-state index contributed by atoms with van der Waals surface area (Å²) in [5, 5.41) is 8.30. The van der Waals surface area contributed by atoms with E-state index in [0.717, 1.165) is 31.8 Å². The summed E-state index contributed by atoms with van der Waals surface area (Å²) < 4.78 is 0. The van der Waals surface area contributed by atoms with Gasteiger partial charge in [0.15, 0.2) is 0 Å². The van der Waals surface area contributed by atoms with Crippen molar-refractivity contribution in [3.8, 4) is 0 Å². The van der Waals surface area contributed by atoms with Gasteiger partial charge in [-0.1, -0.05) is 31.1 Å². The van der Waals surface area contributed by atoms with E-state index in [9.17, 15) is 4.79 Å². The number of rotatable bonds is 3. The van der Waals surface area contributed by atoms with Gasteiger partial charge in [0.05, 0.1) is 0 Å². The highest BCUT2D eigenvalue weighted by Gasteiger charge is 2.23. The molecule has 18 heavy (non-hydrogen) atoms. The molecule has 100 valence electrons. The lowest BCUT2D eigenvalue weighted by molar-refractivity contribution is 0.0758. The highest BCUT2D eigenvalue weighted by molar-refractivity contribution is 7.16. The van der Waals surface area contributed by atoms with Gasteiger partial charge in [-0.2, -0.15) is 0 Å². The normalized spacial score (nSPS) is 20.7. The first kappa shape index (κ1) is 13.3. The van der Waals surface area contributed by atoms with E-state index in [2.05, 4.69) is 17.1 Å². The van der Waals surface area contributed by atoms with Crippen molar-refractivity contribution in [2.24, 2.45) is 5.92 Å². The summed E-state index contributed by atoms with van der Waals surface area (Å²) in [6.07, 6.45) is 5.92. The van der Waals surface area contributed by atoms with Crippen LogP contribution in [0.15, 0.2) is 0 Å². The molecule has 1 aromatic rings. The summed E-state index contributed by atoms with van der Waals surface area (Å²) in [5.41, 5.74) is 5.51. The fourth-order valence-electron chi connectivity index (χ4n) is 2.52. The molecule has 2 rings (SSSR count). The second-order valence-corrected chi connectivity index (χ2v) is 5.83. The number of carbonyl (C=O) groups is 1. The van der Waals surface area contributed by atoms with Gasteiger partial charge in [-0.3, -0.25) is 4.79 Å². The number of aromatic nitrogens is 2. The Hall–Kier alpha value is -1.17. The van der Waals surface area contributed by atoms with Crippen LogP contribution in [0.4, 0.5) is 5.13 Å². The van der Waals surface area contributed by atoms with Crippen LogP contribution in [0.25, 0.3) is 0 Å². The van der Waals surface area contributed by atoms with E-state index in [1.807, 2.05) is 4.90 Å². The predicted molar refractivity (Wildman–Crippen MR) is 72.5 cm³/mol. The molecule has 1 fully saturated rings. The third-order valence-corrected chi connectivity index (χ3v) is 4.20. The maximum Gasteiger partial charge on any atom is 0.284 e. The first-order chi connectivity index (χ1) is 8.70. The molecule has 0 bridgehead atoms. The monoisotopic (exact) mass is 268 g/mol. The molecule has 1 unspecified atom stereocenters. The highest BCUT2D eigenvalue weighted by Crippen LogP contribution is 2.23. The number of hydrogen-bond donors (Lipinski definition) is 1. The quantitative estimate of drug-likeness (QED) is 0.911. The third kappa shape index (κ3) is 3.19. The van der Waals surface area contributed by atoms with Gasteiger partial charge >= 0.3 is 0 Å². The standard InChI is InChI=1S/C12H20N4OS/c1-2-4-9-5-3-7-16(8-6-9)11(17)10-14-15-12(13)18-10/h9H,2-8H2,1H3,(H2,13,15). The summed E-state index contributed by atoms with van der Waals surface area (Å²) in [6, 6.07) is 0. The van der Waals surface area contributed by atoms with Gasteiger partial charge in [0.25, 0.3) is 5.91 Å². The zero-order valence-electron chi connectivity index (χ0n) is 10.8.